The predicted molar refractivity (Wildman–Crippen MR) is 57.4 cm³/mol. The second kappa shape index (κ2) is 8.07. The van der Waals surface area contributed by atoms with Crippen LogP contribution in [0.3, 0.4) is 0 Å². The Labute approximate surface area is 103 Å². The maximum atomic E-state index is 11.1. The van der Waals surface area contributed by atoms with Crippen LogP contribution in [0.5, 0.6) is 0 Å². The first-order valence-electron chi connectivity index (χ1n) is 5.24. The fraction of sp³-hybridized carbons (Fsp3) is 0.818. The average molecular weight is 326 g/mol. The molecule has 0 saturated heterocycles. The second-order valence-electron chi connectivity index (χ2n) is 4.00. The van der Waals surface area contributed by atoms with Gasteiger partial charge in [-0.2, -0.15) is 0 Å². The number of rotatable bonds is 8. The molecule has 90 valence electrons. The van der Waals surface area contributed by atoms with E-state index in [4.69, 9.17) is 0 Å². The van der Waals surface area contributed by atoms with Crippen LogP contribution in [0.4, 0.5) is 0 Å². The van der Waals surface area contributed by atoms with E-state index in [9.17, 15) is 9.59 Å². The summed E-state index contributed by atoms with van der Waals surface area (Å²) < 4.78 is 1.71. The summed E-state index contributed by atoms with van der Waals surface area (Å²) in [4.78, 5) is 21.2. The molecule has 1 N–H and O–H groups in total. The van der Waals surface area contributed by atoms with E-state index in [1.165, 1.54) is 0 Å². The number of Topliss-reactive ketones (excluding diaryl/α,β-unsaturated/α-hetero) is 1. The minimum atomic E-state index is 0.0534. The summed E-state index contributed by atoms with van der Waals surface area (Å²) in [5, 5.41) is 2.71. The van der Waals surface area contributed by atoms with Gasteiger partial charge < -0.3 is 0 Å². The molecule has 0 fully saturated rings. The predicted octanol–water partition coefficient (Wildman–Crippen LogP) is -1.93. The molecule has 3 atom stereocenters. The van der Waals surface area contributed by atoms with Crippen molar-refractivity contribution < 1.29 is 30.8 Å². The van der Waals surface area contributed by atoms with Crippen LogP contribution in [0.15, 0.2) is 0 Å². The van der Waals surface area contributed by atoms with Gasteiger partial charge in [0.15, 0.2) is 0 Å². The second-order valence-corrected chi connectivity index (χ2v) is 7.73. The molecule has 0 aliphatic heterocycles. The summed E-state index contributed by atoms with van der Waals surface area (Å²) in [6, 6.07) is 0. The van der Waals surface area contributed by atoms with E-state index in [-0.39, 0.29) is 27.1 Å². The van der Waals surface area contributed by atoms with Crippen LogP contribution in [-0.2, 0) is 9.59 Å². The fourth-order valence-corrected chi connectivity index (χ4v) is 4.24. The molecular weight excluding hydrogens is 305 g/mol. The van der Waals surface area contributed by atoms with Gasteiger partial charge >= 0.3 is 103 Å². The van der Waals surface area contributed by atoms with E-state index < -0.39 is 0 Å². The zero-order chi connectivity index (χ0) is 11.8. The van der Waals surface area contributed by atoms with Crippen molar-refractivity contribution in [2.24, 2.45) is 11.8 Å². The Kier molecular flexibility index (Phi) is 8.00. The zero-order valence-corrected chi connectivity index (χ0v) is 12.1. The summed E-state index contributed by atoms with van der Waals surface area (Å²) in [5.41, 5.74) is 0. The van der Waals surface area contributed by atoms with Crippen molar-refractivity contribution in [2.75, 3.05) is 11.0 Å². The monoisotopic (exact) mass is 326 g/mol. The summed E-state index contributed by atoms with van der Waals surface area (Å²) in [5.74, 6) is 1.02. The van der Waals surface area contributed by atoms with E-state index >= 15 is 0 Å². The van der Waals surface area contributed by atoms with Crippen molar-refractivity contribution in [3.8, 4) is 0 Å². The van der Waals surface area contributed by atoms with Gasteiger partial charge in [-0.05, 0) is 0 Å². The summed E-state index contributed by atoms with van der Waals surface area (Å²) in [6.45, 7) is 8.79. The number of alkyl halides is 2. The number of halogens is 1. The molecule has 1 unspecified atom stereocenters. The van der Waals surface area contributed by atoms with Gasteiger partial charge in [0.25, 0.3) is 0 Å². The van der Waals surface area contributed by atoms with Crippen molar-refractivity contribution in [1.82, 2.24) is 5.32 Å². The van der Waals surface area contributed by atoms with Gasteiger partial charge in [0.1, 0.15) is 0 Å². The van der Waals surface area contributed by atoms with E-state index in [1.54, 1.807) is 6.92 Å². The topological polar surface area (TPSA) is 46.2 Å². The Morgan fingerprint density at radius 2 is 2.00 bits per heavy atom. The molecule has 3 nitrogen and oxygen atoms in total. The molecule has 0 saturated carbocycles. The van der Waals surface area contributed by atoms with E-state index in [2.05, 4.69) is 19.2 Å². The molecule has 0 aromatic heterocycles. The number of ketones is 1. The molecular formula is C11H21INO2-. The van der Waals surface area contributed by atoms with Gasteiger partial charge in [-0.15, -0.1) is 0 Å². The number of amides is 1. The third kappa shape index (κ3) is 6.87. The van der Waals surface area contributed by atoms with Crippen molar-refractivity contribution in [2.45, 2.75) is 31.6 Å². The first-order valence-corrected chi connectivity index (χ1v) is 8.01. The van der Waals surface area contributed by atoms with Crippen LogP contribution >= 0.6 is 0 Å². The van der Waals surface area contributed by atoms with E-state index in [0.717, 1.165) is 17.4 Å². The SMILES string of the molecule is CC(=O)C(C)C[I-][C@H](C)[C@@H](C)CNC=O. The molecule has 0 aliphatic rings. The number of nitrogens with one attached hydrogen (secondary N) is 1. The molecule has 0 rings (SSSR count). The Balaban J connectivity index is 3.76. The fourth-order valence-electron chi connectivity index (χ4n) is 0.931. The number of carbonyl (C=O) groups excluding carboxylic acids is 2. The number of carbonyl (C=O) groups is 2. The van der Waals surface area contributed by atoms with Crippen LogP contribution in [0.25, 0.3) is 0 Å². The Morgan fingerprint density at radius 1 is 1.40 bits per heavy atom. The van der Waals surface area contributed by atoms with Gasteiger partial charge in [-0.25, -0.2) is 0 Å². The normalized spacial score (nSPS) is 16.8. The molecule has 1 amide bonds. The van der Waals surface area contributed by atoms with Crippen molar-refractivity contribution in [1.29, 1.82) is 0 Å². The molecule has 0 aliphatic carbocycles. The van der Waals surface area contributed by atoms with Gasteiger partial charge in [-0.1, -0.05) is 0 Å². The Hall–Kier alpha value is -0.130. The average Bonchev–Trinajstić information content (AvgIpc) is 2.21. The molecule has 0 radical (unpaired) electrons. The summed E-state index contributed by atoms with van der Waals surface area (Å²) >= 11 is 0.0534. The number of hydrogen-bond acceptors (Lipinski definition) is 2. The molecule has 0 heterocycles. The third-order valence-corrected chi connectivity index (χ3v) is 7.01. The first kappa shape index (κ1) is 14.9. The molecule has 0 aromatic carbocycles. The Morgan fingerprint density at radius 3 is 2.47 bits per heavy atom. The number of hydrogen-bond donors (Lipinski definition) is 1. The van der Waals surface area contributed by atoms with Crippen molar-refractivity contribution in [3.05, 3.63) is 0 Å². The zero-order valence-electron chi connectivity index (χ0n) is 9.92. The quantitative estimate of drug-likeness (QED) is 0.321. The summed E-state index contributed by atoms with van der Waals surface area (Å²) in [6.07, 6.45) is 0.750. The van der Waals surface area contributed by atoms with Crippen molar-refractivity contribution in [3.63, 3.8) is 0 Å². The van der Waals surface area contributed by atoms with E-state index in [1.807, 2.05) is 6.92 Å². The minimum absolute atomic E-state index is 0.0534. The molecule has 0 aromatic rings. The van der Waals surface area contributed by atoms with Gasteiger partial charge in [0, 0.05) is 0 Å². The van der Waals surface area contributed by atoms with Crippen LogP contribution < -0.4 is 26.5 Å². The summed E-state index contributed by atoms with van der Waals surface area (Å²) in [7, 11) is 0. The third-order valence-electron chi connectivity index (χ3n) is 2.57. The maximum absolute atomic E-state index is 11.1. The molecule has 0 spiro atoms. The van der Waals surface area contributed by atoms with Gasteiger partial charge in [0.05, 0.1) is 0 Å². The first-order chi connectivity index (χ1) is 6.99. The Bertz CT molecular complexity index is 209. The molecule has 0 bridgehead atoms. The van der Waals surface area contributed by atoms with Crippen LogP contribution in [0.2, 0.25) is 0 Å². The van der Waals surface area contributed by atoms with Crippen LogP contribution in [0, 0.1) is 11.8 Å². The van der Waals surface area contributed by atoms with Gasteiger partial charge in [-0.3, -0.25) is 0 Å². The van der Waals surface area contributed by atoms with Crippen LogP contribution in [-0.4, -0.2) is 27.1 Å². The van der Waals surface area contributed by atoms with E-state index in [0.29, 0.717) is 15.6 Å². The van der Waals surface area contributed by atoms with Crippen LogP contribution in [0.1, 0.15) is 27.7 Å². The van der Waals surface area contributed by atoms with Crippen molar-refractivity contribution >= 4 is 12.2 Å². The van der Waals surface area contributed by atoms with Gasteiger partial charge in [0.2, 0.25) is 0 Å². The molecule has 4 heteroatoms. The molecule has 15 heavy (non-hydrogen) atoms. The standard InChI is InChI=1S/C11H21INO2/c1-8(11(4)15)5-12-10(3)9(2)6-13-7-14/h7-10H,5-6H2,1-4H3,(H,13,14)/q-1/t8?,9-,10+/m0/s1.